The summed E-state index contributed by atoms with van der Waals surface area (Å²) in [6, 6.07) is 7.16. The zero-order valence-corrected chi connectivity index (χ0v) is 12.3. The Hall–Kier alpha value is -1.60. The maximum atomic E-state index is 12.0. The number of aliphatic imine (C=N–C) groups is 1. The normalized spacial score (nSPS) is 16.1. The molecule has 1 aromatic rings. The van der Waals surface area contributed by atoms with E-state index >= 15 is 0 Å². The van der Waals surface area contributed by atoms with Crippen LogP contribution in [-0.4, -0.2) is 33.5 Å². The van der Waals surface area contributed by atoms with Crippen LogP contribution in [0.25, 0.3) is 0 Å². The Morgan fingerprint density at radius 2 is 2.00 bits per heavy atom. The second-order valence-electron chi connectivity index (χ2n) is 4.90. The number of hydrogen-bond donors (Lipinski definition) is 3. The SMILES string of the molecule is Cc1ccc(S(=O)(=O)NCCN=C(N)NC2CC2)cc1. The molecule has 0 radical (unpaired) electrons. The second kappa shape index (κ2) is 6.23. The quantitative estimate of drug-likeness (QED) is 0.401. The first-order chi connectivity index (χ1) is 9.47. The molecular formula is C13H20N4O2S. The first kappa shape index (κ1) is 14.8. The molecule has 6 nitrogen and oxygen atoms in total. The fourth-order valence-corrected chi connectivity index (χ4v) is 2.66. The molecule has 0 atom stereocenters. The maximum absolute atomic E-state index is 12.0. The van der Waals surface area contributed by atoms with Crippen molar-refractivity contribution in [1.29, 1.82) is 0 Å². The molecule has 20 heavy (non-hydrogen) atoms. The molecule has 1 aromatic carbocycles. The van der Waals surface area contributed by atoms with E-state index in [4.69, 9.17) is 5.73 Å². The van der Waals surface area contributed by atoms with E-state index in [0.717, 1.165) is 18.4 Å². The lowest BCUT2D eigenvalue weighted by atomic mass is 10.2. The van der Waals surface area contributed by atoms with Gasteiger partial charge in [0.2, 0.25) is 10.0 Å². The molecule has 110 valence electrons. The molecule has 4 N–H and O–H groups in total. The molecule has 0 bridgehead atoms. The highest BCUT2D eigenvalue weighted by Gasteiger charge is 2.21. The topological polar surface area (TPSA) is 96.6 Å². The summed E-state index contributed by atoms with van der Waals surface area (Å²) in [7, 11) is -3.47. The third-order valence-electron chi connectivity index (χ3n) is 2.95. The smallest absolute Gasteiger partial charge is 0.240 e. The van der Waals surface area contributed by atoms with Crippen LogP contribution in [0.2, 0.25) is 0 Å². The van der Waals surface area contributed by atoms with Crippen LogP contribution >= 0.6 is 0 Å². The molecule has 0 unspecified atom stereocenters. The number of hydrogen-bond acceptors (Lipinski definition) is 3. The number of benzene rings is 1. The van der Waals surface area contributed by atoms with Gasteiger partial charge >= 0.3 is 0 Å². The fraction of sp³-hybridized carbons (Fsp3) is 0.462. The summed E-state index contributed by atoms with van der Waals surface area (Å²) in [5.74, 6) is 0.377. The number of guanidine groups is 1. The van der Waals surface area contributed by atoms with Gasteiger partial charge in [-0.15, -0.1) is 0 Å². The van der Waals surface area contributed by atoms with Gasteiger partial charge < -0.3 is 11.1 Å². The van der Waals surface area contributed by atoms with Gasteiger partial charge in [-0.2, -0.15) is 0 Å². The summed E-state index contributed by atoms with van der Waals surface area (Å²) in [5.41, 5.74) is 6.67. The predicted octanol–water partition coefficient (Wildman–Crippen LogP) is 0.340. The molecule has 0 spiro atoms. The summed E-state index contributed by atoms with van der Waals surface area (Å²) in [4.78, 5) is 4.33. The van der Waals surface area contributed by atoms with Crippen LogP contribution in [0.15, 0.2) is 34.2 Å². The minimum absolute atomic E-state index is 0.225. The molecule has 1 fully saturated rings. The van der Waals surface area contributed by atoms with Crippen molar-refractivity contribution in [3.8, 4) is 0 Å². The van der Waals surface area contributed by atoms with Crippen LogP contribution in [0, 0.1) is 6.92 Å². The molecule has 7 heteroatoms. The highest BCUT2D eigenvalue weighted by atomic mass is 32.2. The molecule has 0 amide bonds. The number of nitrogens with one attached hydrogen (secondary N) is 2. The third kappa shape index (κ3) is 4.50. The van der Waals surface area contributed by atoms with Crippen molar-refractivity contribution in [2.45, 2.75) is 30.7 Å². The van der Waals surface area contributed by atoms with Gasteiger partial charge in [-0.05, 0) is 31.9 Å². The van der Waals surface area contributed by atoms with Gasteiger partial charge in [-0.3, -0.25) is 4.99 Å². The maximum Gasteiger partial charge on any atom is 0.240 e. The lowest BCUT2D eigenvalue weighted by Gasteiger charge is -2.06. The van der Waals surface area contributed by atoms with Gasteiger partial charge in [0.25, 0.3) is 0 Å². The second-order valence-corrected chi connectivity index (χ2v) is 6.66. The first-order valence-corrected chi connectivity index (χ1v) is 8.08. The summed E-state index contributed by atoms with van der Waals surface area (Å²) in [6.45, 7) is 2.45. The van der Waals surface area contributed by atoms with Crippen LogP contribution in [0.4, 0.5) is 0 Å². The van der Waals surface area contributed by atoms with E-state index in [9.17, 15) is 8.42 Å². The lowest BCUT2D eigenvalue weighted by molar-refractivity contribution is 0.582. The number of nitrogens with zero attached hydrogens (tertiary/aromatic N) is 1. The largest absolute Gasteiger partial charge is 0.370 e. The summed E-state index contributed by atoms with van der Waals surface area (Å²) >= 11 is 0. The van der Waals surface area contributed by atoms with Gasteiger partial charge in [-0.1, -0.05) is 17.7 Å². The minimum Gasteiger partial charge on any atom is -0.370 e. The molecule has 2 rings (SSSR count). The van der Waals surface area contributed by atoms with E-state index in [1.807, 2.05) is 6.92 Å². The predicted molar refractivity (Wildman–Crippen MR) is 79.0 cm³/mol. The summed E-state index contributed by atoms with van der Waals surface area (Å²) in [5, 5.41) is 3.04. The van der Waals surface area contributed by atoms with Crippen molar-refractivity contribution in [3.05, 3.63) is 29.8 Å². The Labute approximate surface area is 119 Å². The van der Waals surface area contributed by atoms with E-state index in [0.29, 0.717) is 18.5 Å². The van der Waals surface area contributed by atoms with Crippen molar-refractivity contribution in [2.75, 3.05) is 13.1 Å². The molecule has 0 saturated heterocycles. The van der Waals surface area contributed by atoms with Gasteiger partial charge in [0, 0.05) is 12.6 Å². The Balaban J connectivity index is 1.81. The van der Waals surface area contributed by atoms with E-state index in [1.54, 1.807) is 24.3 Å². The molecule has 1 aliphatic rings. The standard InChI is InChI=1S/C13H20N4O2S/c1-10-2-6-12(7-3-10)20(18,19)16-9-8-15-13(14)17-11-4-5-11/h2-3,6-7,11,16H,4-5,8-9H2,1H3,(H3,14,15,17). The van der Waals surface area contributed by atoms with Crippen molar-refractivity contribution >= 4 is 16.0 Å². The van der Waals surface area contributed by atoms with Gasteiger partial charge in [0.05, 0.1) is 11.4 Å². The molecule has 1 saturated carbocycles. The van der Waals surface area contributed by atoms with Gasteiger partial charge in [0.1, 0.15) is 0 Å². The van der Waals surface area contributed by atoms with Crippen LogP contribution < -0.4 is 15.8 Å². The average molecular weight is 296 g/mol. The number of nitrogens with two attached hydrogens (primary N) is 1. The Kier molecular flexibility index (Phi) is 4.61. The van der Waals surface area contributed by atoms with E-state index < -0.39 is 10.0 Å². The summed E-state index contributed by atoms with van der Waals surface area (Å²) < 4.78 is 26.4. The molecule has 1 aliphatic carbocycles. The number of aryl methyl sites for hydroxylation is 1. The van der Waals surface area contributed by atoms with Crippen LogP contribution in [0.3, 0.4) is 0 Å². The Bertz CT molecular complexity index is 577. The highest BCUT2D eigenvalue weighted by Crippen LogP contribution is 2.17. The average Bonchev–Trinajstić information content (AvgIpc) is 3.19. The van der Waals surface area contributed by atoms with Crippen LogP contribution in [-0.2, 0) is 10.0 Å². The van der Waals surface area contributed by atoms with Crippen LogP contribution in [0.5, 0.6) is 0 Å². The minimum atomic E-state index is -3.47. The number of sulfonamides is 1. The van der Waals surface area contributed by atoms with Gasteiger partial charge in [0.15, 0.2) is 5.96 Å². The van der Waals surface area contributed by atoms with Crippen molar-refractivity contribution < 1.29 is 8.42 Å². The van der Waals surface area contributed by atoms with Crippen molar-refractivity contribution in [3.63, 3.8) is 0 Å². The molecule has 0 heterocycles. The van der Waals surface area contributed by atoms with Crippen molar-refractivity contribution in [1.82, 2.24) is 10.0 Å². The van der Waals surface area contributed by atoms with E-state index in [-0.39, 0.29) is 11.4 Å². The van der Waals surface area contributed by atoms with Crippen molar-refractivity contribution in [2.24, 2.45) is 10.7 Å². The summed E-state index contributed by atoms with van der Waals surface area (Å²) in [6.07, 6.45) is 2.24. The monoisotopic (exact) mass is 296 g/mol. The van der Waals surface area contributed by atoms with Gasteiger partial charge in [-0.25, -0.2) is 13.1 Å². The Morgan fingerprint density at radius 3 is 2.60 bits per heavy atom. The zero-order valence-electron chi connectivity index (χ0n) is 11.5. The van der Waals surface area contributed by atoms with E-state index in [2.05, 4.69) is 15.0 Å². The third-order valence-corrected chi connectivity index (χ3v) is 4.42. The van der Waals surface area contributed by atoms with E-state index in [1.165, 1.54) is 0 Å². The fourth-order valence-electron chi connectivity index (χ4n) is 1.64. The molecular weight excluding hydrogens is 276 g/mol. The molecule has 0 aliphatic heterocycles. The number of rotatable bonds is 6. The Morgan fingerprint density at radius 1 is 1.35 bits per heavy atom. The lowest BCUT2D eigenvalue weighted by Crippen LogP contribution is -2.34. The molecule has 0 aromatic heterocycles. The van der Waals surface area contributed by atoms with Crippen LogP contribution in [0.1, 0.15) is 18.4 Å². The first-order valence-electron chi connectivity index (χ1n) is 6.60. The highest BCUT2D eigenvalue weighted by molar-refractivity contribution is 7.89. The zero-order chi connectivity index (χ0) is 14.6.